The molecule has 0 aliphatic heterocycles. The van der Waals surface area contributed by atoms with Crippen LogP contribution in [0.15, 0.2) is 77.3 Å². The van der Waals surface area contributed by atoms with Gasteiger partial charge < -0.3 is 9.47 Å². The van der Waals surface area contributed by atoms with Gasteiger partial charge in [-0.1, -0.05) is 65.3 Å². The lowest BCUT2D eigenvalue weighted by Gasteiger charge is -2.18. The number of hydrazine groups is 1. The topological polar surface area (TPSA) is 76.7 Å². The highest BCUT2D eigenvalue weighted by molar-refractivity contribution is 9.10. The zero-order chi connectivity index (χ0) is 22.9. The molecule has 0 aliphatic carbocycles. The Morgan fingerprint density at radius 3 is 2.28 bits per heavy atom. The number of nitrogens with one attached hydrogen (secondary N) is 2. The van der Waals surface area contributed by atoms with Gasteiger partial charge in [0.1, 0.15) is 11.5 Å². The summed E-state index contributed by atoms with van der Waals surface area (Å²) in [5, 5.41) is 0. The van der Waals surface area contributed by atoms with Gasteiger partial charge in [0.05, 0.1) is 0 Å². The molecule has 1 unspecified atom stereocenters. The fourth-order valence-electron chi connectivity index (χ4n) is 3.01. The minimum atomic E-state index is -0.743. The zero-order valence-electron chi connectivity index (χ0n) is 17.9. The molecule has 0 saturated carbocycles. The molecule has 166 valence electrons. The first-order chi connectivity index (χ1) is 15.5. The molecule has 0 bridgehead atoms. The van der Waals surface area contributed by atoms with Crippen molar-refractivity contribution in [1.82, 2.24) is 10.9 Å². The van der Waals surface area contributed by atoms with Crippen LogP contribution in [0.3, 0.4) is 0 Å². The average Bonchev–Trinajstić information content (AvgIpc) is 2.81. The fraction of sp³-hybridized carbons (Fsp3) is 0.200. The lowest BCUT2D eigenvalue weighted by atomic mass is 10.1. The van der Waals surface area contributed by atoms with E-state index in [1.165, 1.54) is 0 Å². The van der Waals surface area contributed by atoms with E-state index < -0.39 is 17.9 Å². The molecule has 0 spiro atoms. The number of hydrogen-bond acceptors (Lipinski definition) is 4. The van der Waals surface area contributed by atoms with Gasteiger partial charge in [0.25, 0.3) is 11.8 Å². The fourth-order valence-corrected chi connectivity index (χ4v) is 3.48. The summed E-state index contributed by atoms with van der Waals surface area (Å²) in [5.41, 5.74) is 7.82. The summed E-state index contributed by atoms with van der Waals surface area (Å²) >= 11 is 3.38. The van der Waals surface area contributed by atoms with E-state index in [2.05, 4.69) is 26.8 Å². The number of halogens is 1. The van der Waals surface area contributed by atoms with Crippen LogP contribution >= 0.6 is 15.9 Å². The van der Waals surface area contributed by atoms with Crippen LogP contribution in [0.5, 0.6) is 11.5 Å². The van der Waals surface area contributed by atoms with Crippen LogP contribution in [0, 0.1) is 6.92 Å². The van der Waals surface area contributed by atoms with Gasteiger partial charge in [-0.2, -0.15) is 0 Å². The number of hydrogen-bond donors (Lipinski definition) is 2. The van der Waals surface area contributed by atoms with Crippen molar-refractivity contribution >= 4 is 27.7 Å². The van der Waals surface area contributed by atoms with Gasteiger partial charge in [-0.15, -0.1) is 0 Å². The van der Waals surface area contributed by atoms with Gasteiger partial charge in [0.15, 0.2) is 12.7 Å². The maximum atomic E-state index is 12.4. The highest BCUT2D eigenvalue weighted by Gasteiger charge is 2.19. The largest absolute Gasteiger partial charge is 0.483 e. The van der Waals surface area contributed by atoms with Crippen molar-refractivity contribution in [2.24, 2.45) is 0 Å². The second-order valence-electron chi connectivity index (χ2n) is 7.14. The Kier molecular flexibility index (Phi) is 8.27. The minimum absolute atomic E-state index is 0.221. The van der Waals surface area contributed by atoms with Gasteiger partial charge in [0.2, 0.25) is 0 Å². The second kappa shape index (κ2) is 11.3. The third-order valence-electron chi connectivity index (χ3n) is 4.72. The van der Waals surface area contributed by atoms with Crippen LogP contribution in [0.1, 0.15) is 18.9 Å². The Hall–Kier alpha value is -3.32. The molecule has 32 heavy (non-hydrogen) atoms. The van der Waals surface area contributed by atoms with E-state index in [0.29, 0.717) is 17.9 Å². The van der Waals surface area contributed by atoms with Gasteiger partial charge >= 0.3 is 0 Å². The molecule has 0 heterocycles. The van der Waals surface area contributed by atoms with Gasteiger partial charge in [-0.3, -0.25) is 20.4 Å². The minimum Gasteiger partial charge on any atom is -0.483 e. The van der Waals surface area contributed by atoms with Gasteiger partial charge in [-0.25, -0.2) is 0 Å². The highest BCUT2D eigenvalue weighted by atomic mass is 79.9. The van der Waals surface area contributed by atoms with Crippen molar-refractivity contribution in [3.8, 4) is 22.6 Å². The number of rotatable bonds is 8. The third-order valence-corrected chi connectivity index (χ3v) is 5.22. The molecule has 0 aliphatic rings. The Balaban J connectivity index is 1.48. The maximum absolute atomic E-state index is 12.4. The summed E-state index contributed by atoms with van der Waals surface area (Å²) < 4.78 is 12.2. The molecule has 3 aromatic carbocycles. The zero-order valence-corrected chi connectivity index (χ0v) is 19.5. The summed E-state index contributed by atoms with van der Waals surface area (Å²) in [4.78, 5) is 24.5. The number of carbonyl (C=O) groups excluding carboxylic acids is 2. The summed E-state index contributed by atoms with van der Waals surface area (Å²) in [7, 11) is 0. The Bertz CT molecular complexity index is 1060. The Labute approximate surface area is 196 Å². The SMILES string of the molecule is CCC(Oc1ccc(-c2ccccc2)cc1)C(=O)NNC(=O)COc1ccc(Br)cc1C. The highest BCUT2D eigenvalue weighted by Crippen LogP contribution is 2.23. The van der Waals surface area contributed by atoms with Crippen LogP contribution in [-0.4, -0.2) is 24.5 Å². The lowest BCUT2D eigenvalue weighted by Crippen LogP contribution is -2.49. The van der Waals surface area contributed by atoms with Crippen LogP contribution in [-0.2, 0) is 9.59 Å². The van der Waals surface area contributed by atoms with Gasteiger partial charge in [-0.05, 0) is 60.4 Å². The standard InChI is InChI=1S/C25H25BrN2O4/c1-3-22(32-21-12-9-19(10-13-21)18-7-5-4-6-8-18)25(30)28-27-24(29)16-31-23-14-11-20(26)15-17(23)2/h4-15,22H,3,16H2,1-2H3,(H,27,29)(H,28,30). The molecule has 2 N–H and O–H groups in total. The van der Waals surface area contributed by atoms with Crippen LogP contribution < -0.4 is 20.3 Å². The molecule has 0 aromatic heterocycles. The molecular formula is C25H25BrN2O4. The Morgan fingerprint density at radius 2 is 1.62 bits per heavy atom. The first-order valence-corrected chi connectivity index (χ1v) is 11.1. The van der Waals surface area contributed by atoms with Crippen LogP contribution in [0.25, 0.3) is 11.1 Å². The van der Waals surface area contributed by atoms with Crippen molar-refractivity contribution in [3.63, 3.8) is 0 Å². The first kappa shape index (κ1) is 23.3. The monoisotopic (exact) mass is 496 g/mol. The number of benzene rings is 3. The summed E-state index contributed by atoms with van der Waals surface area (Å²) in [6, 6.07) is 23.0. The molecule has 7 heteroatoms. The molecule has 6 nitrogen and oxygen atoms in total. The van der Waals surface area contributed by atoms with Crippen molar-refractivity contribution in [2.45, 2.75) is 26.4 Å². The predicted octanol–water partition coefficient (Wildman–Crippen LogP) is 4.81. The number of aryl methyl sites for hydroxylation is 1. The van der Waals surface area contributed by atoms with Crippen LogP contribution in [0.2, 0.25) is 0 Å². The van der Waals surface area contributed by atoms with Crippen molar-refractivity contribution < 1.29 is 19.1 Å². The van der Waals surface area contributed by atoms with E-state index in [0.717, 1.165) is 21.2 Å². The smallest absolute Gasteiger partial charge is 0.279 e. The average molecular weight is 497 g/mol. The molecular weight excluding hydrogens is 472 g/mol. The van der Waals surface area contributed by atoms with Crippen molar-refractivity contribution in [2.75, 3.05) is 6.61 Å². The summed E-state index contributed by atoms with van der Waals surface area (Å²) in [6.45, 7) is 3.50. The quantitative estimate of drug-likeness (QED) is 0.438. The third kappa shape index (κ3) is 6.59. The summed E-state index contributed by atoms with van der Waals surface area (Å²) in [6.07, 6.45) is -0.302. The van der Waals surface area contributed by atoms with Gasteiger partial charge in [0, 0.05) is 4.47 Å². The van der Waals surface area contributed by atoms with E-state index in [1.54, 1.807) is 6.07 Å². The number of ether oxygens (including phenoxy) is 2. The molecule has 3 aromatic rings. The van der Waals surface area contributed by atoms with E-state index in [-0.39, 0.29) is 6.61 Å². The second-order valence-corrected chi connectivity index (χ2v) is 8.06. The molecule has 3 rings (SSSR count). The molecule has 0 fully saturated rings. The van der Waals surface area contributed by atoms with E-state index in [4.69, 9.17) is 9.47 Å². The van der Waals surface area contributed by atoms with E-state index in [9.17, 15) is 9.59 Å². The van der Waals surface area contributed by atoms with Crippen molar-refractivity contribution in [1.29, 1.82) is 0 Å². The number of amides is 2. The maximum Gasteiger partial charge on any atom is 0.279 e. The Morgan fingerprint density at radius 1 is 0.938 bits per heavy atom. The molecule has 0 saturated heterocycles. The molecule has 0 radical (unpaired) electrons. The molecule has 2 amide bonds. The van der Waals surface area contributed by atoms with Crippen LogP contribution in [0.4, 0.5) is 0 Å². The predicted molar refractivity (Wildman–Crippen MR) is 127 cm³/mol. The van der Waals surface area contributed by atoms with Crippen molar-refractivity contribution in [3.05, 3.63) is 82.8 Å². The number of carbonyl (C=O) groups is 2. The molecule has 1 atom stereocenters. The van der Waals surface area contributed by atoms with E-state index in [1.807, 2.05) is 80.6 Å². The van der Waals surface area contributed by atoms with E-state index >= 15 is 0 Å². The normalized spacial score (nSPS) is 11.3. The summed E-state index contributed by atoms with van der Waals surface area (Å²) in [5.74, 6) is 0.269. The first-order valence-electron chi connectivity index (χ1n) is 10.3. The lowest BCUT2D eigenvalue weighted by molar-refractivity contribution is -0.134.